The van der Waals surface area contributed by atoms with Crippen molar-refractivity contribution < 1.29 is 14.3 Å². The van der Waals surface area contributed by atoms with E-state index in [0.29, 0.717) is 29.6 Å². The summed E-state index contributed by atoms with van der Waals surface area (Å²) in [5.41, 5.74) is 3.55. The number of amidine groups is 1. The van der Waals surface area contributed by atoms with Gasteiger partial charge in [-0.1, -0.05) is 38.1 Å². The number of aromatic nitrogens is 2. The second-order valence-electron chi connectivity index (χ2n) is 9.16. The Balaban J connectivity index is 1.71. The fraction of sp³-hybridized carbons (Fsp3) is 0.259. The molecular formula is C27H28N6O3S. The Morgan fingerprint density at radius 3 is 2.51 bits per heavy atom. The number of nitrogens with one attached hydrogen (secondary N) is 3. The van der Waals surface area contributed by atoms with Gasteiger partial charge in [0.2, 0.25) is 17.7 Å². The number of benzene rings is 1. The topological polar surface area (TPSA) is 132 Å². The highest BCUT2D eigenvalue weighted by atomic mass is 32.2. The maximum atomic E-state index is 13.3. The summed E-state index contributed by atoms with van der Waals surface area (Å²) >= 11 is 0.818. The van der Waals surface area contributed by atoms with Crippen LogP contribution in [0.3, 0.4) is 0 Å². The Labute approximate surface area is 219 Å². The monoisotopic (exact) mass is 516 g/mol. The number of ether oxygens (including phenoxy) is 1. The van der Waals surface area contributed by atoms with E-state index < -0.39 is 11.3 Å². The molecule has 1 atom stereocenters. The Kier molecular flexibility index (Phi) is 7.40. The van der Waals surface area contributed by atoms with Gasteiger partial charge in [0.25, 0.3) is 5.91 Å². The lowest BCUT2D eigenvalue weighted by atomic mass is 9.70. The predicted molar refractivity (Wildman–Crippen MR) is 144 cm³/mol. The van der Waals surface area contributed by atoms with Crippen LogP contribution in [0.25, 0.3) is 11.3 Å². The third-order valence-corrected chi connectivity index (χ3v) is 6.92. The van der Waals surface area contributed by atoms with Gasteiger partial charge in [0.1, 0.15) is 0 Å². The van der Waals surface area contributed by atoms with Crippen LogP contribution in [-0.4, -0.2) is 51.0 Å². The van der Waals surface area contributed by atoms with Gasteiger partial charge in [-0.2, -0.15) is 0 Å². The summed E-state index contributed by atoms with van der Waals surface area (Å²) in [6, 6.07) is 14.7. The van der Waals surface area contributed by atoms with Crippen molar-refractivity contribution in [2.75, 3.05) is 13.6 Å². The molecule has 0 bridgehead atoms. The van der Waals surface area contributed by atoms with Crippen molar-refractivity contribution >= 4 is 34.3 Å². The van der Waals surface area contributed by atoms with Crippen molar-refractivity contribution in [1.82, 2.24) is 20.2 Å². The van der Waals surface area contributed by atoms with Crippen molar-refractivity contribution in [3.8, 4) is 23.0 Å². The quantitative estimate of drug-likeness (QED) is 0.316. The van der Waals surface area contributed by atoms with Gasteiger partial charge in [-0.3, -0.25) is 15.0 Å². The number of pyridine rings is 2. The molecule has 4 rings (SSSR count). The maximum absolute atomic E-state index is 13.3. The summed E-state index contributed by atoms with van der Waals surface area (Å²) in [6.07, 6.45) is 1.62. The molecule has 3 N–H and O–H groups in total. The predicted octanol–water partition coefficient (Wildman–Crippen LogP) is 4.89. The van der Waals surface area contributed by atoms with Crippen LogP contribution in [0.1, 0.15) is 48.2 Å². The first-order valence-corrected chi connectivity index (χ1v) is 12.6. The molecule has 10 heteroatoms. The highest BCUT2D eigenvalue weighted by molar-refractivity contribution is 8.24. The zero-order valence-corrected chi connectivity index (χ0v) is 21.8. The van der Waals surface area contributed by atoms with Crippen molar-refractivity contribution in [3.63, 3.8) is 0 Å². The molecule has 0 saturated heterocycles. The minimum atomic E-state index is -0.998. The van der Waals surface area contributed by atoms with Gasteiger partial charge in [-0.15, -0.1) is 0 Å². The lowest BCUT2D eigenvalue weighted by molar-refractivity contribution is -0.128. The standard InChI is InChI=1S/C27H28N6O3S/c1-5-33(4)24(34)17-10-8-16(9-11-17)20-13-12-19-21(27(2,3)25(35)32-26(29)37-15-28)18-7-6-14-30-22(18)36-23(19)31-20/h6-15,21,28H,5H2,1-4H3,(H2,29,32,35). The molecule has 1 aliphatic rings. The minimum absolute atomic E-state index is 0.0473. The molecule has 0 spiro atoms. The Morgan fingerprint density at radius 2 is 1.84 bits per heavy atom. The molecule has 3 aromatic rings. The number of hydrogen-bond acceptors (Lipinski definition) is 8. The SMILES string of the molecule is CCN(C)C(=O)c1ccc(-c2ccc3c(n2)Oc2ncccc2C3C(C)(C)C(=O)NC(=N)SC=N)cc1. The summed E-state index contributed by atoms with van der Waals surface area (Å²) < 4.78 is 6.08. The summed E-state index contributed by atoms with van der Waals surface area (Å²) in [4.78, 5) is 36.5. The smallest absolute Gasteiger partial charge is 0.253 e. The fourth-order valence-corrected chi connectivity index (χ4v) is 4.56. The van der Waals surface area contributed by atoms with Crippen LogP contribution >= 0.6 is 11.8 Å². The van der Waals surface area contributed by atoms with E-state index in [9.17, 15) is 9.59 Å². The first kappa shape index (κ1) is 26.0. The molecule has 0 fully saturated rings. The summed E-state index contributed by atoms with van der Waals surface area (Å²) in [7, 11) is 1.76. The number of nitrogens with zero attached hydrogens (tertiary/aromatic N) is 3. The molecule has 1 unspecified atom stereocenters. The van der Waals surface area contributed by atoms with Crippen LogP contribution in [0.4, 0.5) is 0 Å². The third-order valence-electron chi connectivity index (χ3n) is 6.47. The molecule has 190 valence electrons. The Morgan fingerprint density at radius 1 is 1.14 bits per heavy atom. The van der Waals surface area contributed by atoms with Gasteiger partial charge in [0.15, 0.2) is 5.17 Å². The van der Waals surface area contributed by atoms with Gasteiger partial charge in [0.05, 0.1) is 16.7 Å². The Bertz CT molecular complexity index is 1370. The first-order chi connectivity index (χ1) is 17.7. The average molecular weight is 517 g/mol. The van der Waals surface area contributed by atoms with Crippen LogP contribution in [0.15, 0.2) is 54.7 Å². The number of hydrogen-bond donors (Lipinski definition) is 3. The number of fused-ring (bicyclic) bond motifs is 2. The maximum Gasteiger partial charge on any atom is 0.253 e. The van der Waals surface area contributed by atoms with Crippen molar-refractivity contribution in [2.45, 2.75) is 26.7 Å². The van der Waals surface area contributed by atoms with Crippen LogP contribution in [0, 0.1) is 16.2 Å². The van der Waals surface area contributed by atoms with Gasteiger partial charge >= 0.3 is 0 Å². The molecule has 0 saturated carbocycles. The lowest BCUT2D eigenvalue weighted by Crippen LogP contribution is -2.43. The number of carbonyl (C=O) groups excluding carboxylic acids is 2. The zero-order chi connectivity index (χ0) is 26.7. The fourth-order valence-electron chi connectivity index (χ4n) is 4.29. The Hall–Kier alpha value is -4.05. The molecule has 2 amide bonds. The summed E-state index contributed by atoms with van der Waals surface area (Å²) in [5.74, 6) is -0.124. The van der Waals surface area contributed by atoms with Crippen LogP contribution in [0.2, 0.25) is 0 Å². The van der Waals surface area contributed by atoms with Crippen LogP contribution < -0.4 is 10.1 Å². The van der Waals surface area contributed by atoms with Gasteiger partial charge in [-0.05, 0) is 43.0 Å². The molecule has 37 heavy (non-hydrogen) atoms. The van der Waals surface area contributed by atoms with Crippen molar-refractivity contribution in [3.05, 3.63) is 71.4 Å². The van der Waals surface area contributed by atoms with E-state index in [1.165, 1.54) is 0 Å². The molecule has 1 aliphatic heterocycles. The first-order valence-electron chi connectivity index (χ1n) is 11.7. The highest BCUT2D eigenvalue weighted by Crippen LogP contribution is 2.51. The van der Waals surface area contributed by atoms with Crippen molar-refractivity contribution in [2.24, 2.45) is 5.41 Å². The van der Waals surface area contributed by atoms with E-state index in [1.807, 2.05) is 37.3 Å². The second-order valence-corrected chi connectivity index (χ2v) is 10.0. The van der Waals surface area contributed by atoms with E-state index in [-0.39, 0.29) is 17.0 Å². The second kappa shape index (κ2) is 10.5. The van der Waals surface area contributed by atoms with Crippen molar-refractivity contribution in [1.29, 1.82) is 10.8 Å². The van der Waals surface area contributed by atoms with Gasteiger partial charge in [-0.25, -0.2) is 9.97 Å². The van der Waals surface area contributed by atoms with Gasteiger partial charge in [0, 0.05) is 48.0 Å². The van der Waals surface area contributed by atoms with Crippen LogP contribution in [-0.2, 0) is 4.79 Å². The molecule has 3 heterocycles. The van der Waals surface area contributed by atoms with Crippen LogP contribution in [0.5, 0.6) is 11.8 Å². The normalized spacial score (nSPS) is 14.0. The number of thioether (sulfide) groups is 1. The third kappa shape index (κ3) is 5.10. The largest absolute Gasteiger partial charge is 0.420 e. The van der Waals surface area contributed by atoms with E-state index in [0.717, 1.165) is 34.0 Å². The van der Waals surface area contributed by atoms with Gasteiger partial charge < -0.3 is 20.4 Å². The van der Waals surface area contributed by atoms with E-state index in [1.54, 1.807) is 50.2 Å². The molecule has 9 nitrogen and oxygen atoms in total. The minimum Gasteiger partial charge on any atom is -0.420 e. The van der Waals surface area contributed by atoms with E-state index in [4.69, 9.17) is 20.5 Å². The van der Waals surface area contributed by atoms with E-state index >= 15 is 0 Å². The summed E-state index contributed by atoms with van der Waals surface area (Å²) in [6.45, 7) is 6.15. The number of amides is 2. The molecular weight excluding hydrogens is 488 g/mol. The number of rotatable bonds is 6. The summed E-state index contributed by atoms with van der Waals surface area (Å²) in [5, 5.41) is 17.5. The molecule has 1 aromatic carbocycles. The molecule has 0 aliphatic carbocycles. The number of carbonyl (C=O) groups is 2. The molecule has 2 aromatic heterocycles. The average Bonchev–Trinajstić information content (AvgIpc) is 2.90. The zero-order valence-electron chi connectivity index (χ0n) is 21.0. The van der Waals surface area contributed by atoms with E-state index in [2.05, 4.69) is 10.3 Å². The molecule has 0 radical (unpaired) electrons. The lowest BCUT2D eigenvalue weighted by Gasteiger charge is -2.37. The highest BCUT2D eigenvalue weighted by Gasteiger charge is 2.44.